The summed E-state index contributed by atoms with van der Waals surface area (Å²) in [7, 11) is 0. The second-order valence-corrected chi connectivity index (χ2v) is 12.1. The van der Waals surface area contributed by atoms with Crippen molar-refractivity contribution in [1.82, 2.24) is 35.3 Å². The molecule has 0 aromatic carbocycles. The molecule has 0 radical (unpaired) electrons. The predicted molar refractivity (Wildman–Crippen MR) is 148 cm³/mol. The maximum atomic E-state index is 12.5. The minimum absolute atomic E-state index is 0.0470. The third-order valence-corrected chi connectivity index (χ3v) is 8.57. The number of rotatable bonds is 12. The molecule has 17 heteroatoms. The van der Waals surface area contributed by atoms with Crippen LogP contribution in [0.1, 0.15) is 55.3 Å². The molecule has 0 aliphatic carbocycles. The van der Waals surface area contributed by atoms with E-state index in [1.54, 1.807) is 12.1 Å². The molecule has 0 bridgehead atoms. The van der Waals surface area contributed by atoms with Crippen LogP contribution in [0.4, 0.5) is 10.3 Å². The van der Waals surface area contributed by atoms with Gasteiger partial charge in [0.15, 0.2) is 0 Å². The normalized spacial score (nSPS) is 11.6. The number of nitrogens with one attached hydrogen (secondary N) is 2. The van der Waals surface area contributed by atoms with Crippen LogP contribution in [0.2, 0.25) is 0 Å². The van der Waals surface area contributed by atoms with Gasteiger partial charge < -0.3 is 4.42 Å². The average molecular weight is 593 g/mol. The molecule has 4 rings (SSSR count). The summed E-state index contributed by atoms with van der Waals surface area (Å²) in [4.78, 5) is 25.0. The zero-order valence-corrected chi connectivity index (χ0v) is 24.1. The molecule has 0 fully saturated rings. The number of hydrogen-bond donors (Lipinski definition) is 2. The van der Waals surface area contributed by atoms with E-state index in [-0.39, 0.29) is 35.2 Å². The monoisotopic (exact) mass is 592 g/mol. The van der Waals surface area contributed by atoms with Gasteiger partial charge in [0.25, 0.3) is 0 Å². The van der Waals surface area contributed by atoms with Gasteiger partial charge in [-0.15, -0.1) is 30.6 Å². The van der Waals surface area contributed by atoms with Crippen molar-refractivity contribution in [2.24, 2.45) is 5.10 Å². The van der Waals surface area contributed by atoms with Gasteiger partial charge in [-0.05, 0) is 12.1 Å². The molecule has 2 amide bonds. The summed E-state index contributed by atoms with van der Waals surface area (Å²) < 4.78 is 6.77. The standard InChI is InChI=1S/C21H24N10O3S4/c1-11(2)16-25-27-18(37-16)23-14(32)9-35-20-29-30-21(31(20)22-8-13-6-5-7-34-13)36-10-15(33)24-19-28-26-17(38-19)12(3)4/h5-8,11-12H,9-10H2,1-4H3,(H,23,27,32)(H,24,28,33). The van der Waals surface area contributed by atoms with Gasteiger partial charge in [-0.25, -0.2) is 0 Å². The molecule has 0 saturated heterocycles. The Kier molecular flexibility index (Phi) is 9.59. The highest BCUT2D eigenvalue weighted by atomic mass is 32.2. The van der Waals surface area contributed by atoms with E-state index in [1.807, 2.05) is 27.7 Å². The van der Waals surface area contributed by atoms with Crippen molar-refractivity contribution in [3.63, 3.8) is 0 Å². The van der Waals surface area contributed by atoms with Crippen LogP contribution in [0.25, 0.3) is 0 Å². The molecule has 0 aliphatic heterocycles. The second-order valence-electron chi connectivity index (χ2n) is 8.21. The van der Waals surface area contributed by atoms with E-state index in [0.29, 0.717) is 26.3 Å². The first-order valence-corrected chi connectivity index (χ1v) is 14.9. The summed E-state index contributed by atoms with van der Waals surface area (Å²) in [6.07, 6.45) is 3.03. The molecule has 0 saturated carbocycles. The van der Waals surface area contributed by atoms with E-state index >= 15 is 0 Å². The number of anilines is 2. The molecule has 4 aromatic heterocycles. The van der Waals surface area contributed by atoms with E-state index in [4.69, 9.17) is 4.42 Å². The summed E-state index contributed by atoms with van der Waals surface area (Å²) in [6.45, 7) is 8.04. The minimum Gasteiger partial charge on any atom is -0.463 e. The highest BCUT2D eigenvalue weighted by molar-refractivity contribution is 8.00. The first-order valence-electron chi connectivity index (χ1n) is 11.3. The number of aromatic nitrogens is 7. The lowest BCUT2D eigenvalue weighted by Gasteiger charge is -2.04. The first kappa shape index (κ1) is 27.9. The highest BCUT2D eigenvalue weighted by Crippen LogP contribution is 2.26. The number of thioether (sulfide) groups is 2. The van der Waals surface area contributed by atoms with Gasteiger partial charge in [0.2, 0.25) is 32.4 Å². The van der Waals surface area contributed by atoms with E-state index in [0.717, 1.165) is 33.5 Å². The zero-order chi connectivity index (χ0) is 27.1. The number of nitrogens with zero attached hydrogens (tertiary/aromatic N) is 8. The molecule has 4 aromatic rings. The van der Waals surface area contributed by atoms with E-state index < -0.39 is 0 Å². The summed E-state index contributed by atoms with van der Waals surface area (Å²) in [5.41, 5.74) is 0. The van der Waals surface area contributed by atoms with Gasteiger partial charge >= 0.3 is 0 Å². The summed E-state index contributed by atoms with van der Waals surface area (Å²) in [6, 6.07) is 3.49. The van der Waals surface area contributed by atoms with Crippen LogP contribution in [-0.4, -0.2) is 64.8 Å². The predicted octanol–water partition coefficient (Wildman–Crippen LogP) is 4.16. The fraction of sp³-hybridized carbons (Fsp3) is 0.381. The van der Waals surface area contributed by atoms with Crippen molar-refractivity contribution < 1.29 is 14.0 Å². The minimum atomic E-state index is -0.266. The van der Waals surface area contributed by atoms with Crippen LogP contribution in [0, 0.1) is 0 Å². The molecule has 0 spiro atoms. The van der Waals surface area contributed by atoms with E-state index in [2.05, 4.69) is 46.3 Å². The van der Waals surface area contributed by atoms with Crippen molar-refractivity contribution in [2.75, 3.05) is 22.1 Å². The quantitative estimate of drug-likeness (QED) is 0.179. The maximum Gasteiger partial charge on any atom is 0.236 e. The molecule has 0 unspecified atom stereocenters. The fourth-order valence-corrected chi connectivity index (χ4v) is 5.57. The van der Waals surface area contributed by atoms with Crippen LogP contribution in [0.5, 0.6) is 0 Å². The SMILES string of the molecule is CC(C)c1nnc(NC(=O)CSc2nnc(SCC(=O)Nc3nnc(C(C)C)s3)n2N=Cc2ccco2)s1. The summed E-state index contributed by atoms with van der Waals surface area (Å²) in [5, 5.41) is 37.7. The third kappa shape index (κ3) is 7.68. The largest absolute Gasteiger partial charge is 0.463 e. The molecule has 13 nitrogen and oxygen atoms in total. The highest BCUT2D eigenvalue weighted by Gasteiger charge is 2.18. The van der Waals surface area contributed by atoms with Gasteiger partial charge in [0, 0.05) is 11.8 Å². The van der Waals surface area contributed by atoms with Gasteiger partial charge in [-0.2, -0.15) is 9.78 Å². The van der Waals surface area contributed by atoms with Crippen LogP contribution in [-0.2, 0) is 9.59 Å². The van der Waals surface area contributed by atoms with Crippen molar-refractivity contribution >= 4 is 74.5 Å². The van der Waals surface area contributed by atoms with Gasteiger partial charge in [-0.3, -0.25) is 20.2 Å². The number of amides is 2. The second kappa shape index (κ2) is 13.1. The third-order valence-electron chi connectivity index (χ3n) is 4.45. The average Bonchev–Trinajstić information content (AvgIpc) is 3.68. The fourth-order valence-electron chi connectivity index (χ4n) is 2.62. The van der Waals surface area contributed by atoms with Gasteiger partial charge in [-0.1, -0.05) is 73.9 Å². The molecular formula is C21H24N10O3S4. The molecule has 0 atom stereocenters. The molecule has 200 valence electrons. The first-order chi connectivity index (χ1) is 18.3. The Morgan fingerprint density at radius 2 is 1.45 bits per heavy atom. The van der Waals surface area contributed by atoms with Crippen LogP contribution in [0.15, 0.2) is 38.2 Å². The number of carbonyl (C=O) groups is 2. The Morgan fingerprint density at radius 1 is 0.921 bits per heavy atom. The maximum absolute atomic E-state index is 12.5. The number of carbonyl (C=O) groups excluding carboxylic acids is 2. The Balaban J connectivity index is 1.40. The molecule has 0 aliphatic rings. The Bertz CT molecular complexity index is 1310. The number of hydrogen-bond acceptors (Lipinski definition) is 14. The van der Waals surface area contributed by atoms with E-state index in [9.17, 15) is 9.59 Å². The van der Waals surface area contributed by atoms with E-state index in [1.165, 1.54) is 39.8 Å². The van der Waals surface area contributed by atoms with Crippen molar-refractivity contribution in [3.8, 4) is 0 Å². The smallest absolute Gasteiger partial charge is 0.236 e. The van der Waals surface area contributed by atoms with Crippen molar-refractivity contribution in [2.45, 2.75) is 49.8 Å². The lowest BCUT2D eigenvalue weighted by Crippen LogP contribution is -2.15. The summed E-state index contributed by atoms with van der Waals surface area (Å²) in [5.74, 6) is 0.542. The molecule has 2 N–H and O–H groups in total. The molecular weight excluding hydrogens is 569 g/mol. The zero-order valence-electron chi connectivity index (χ0n) is 20.8. The lowest BCUT2D eigenvalue weighted by molar-refractivity contribution is -0.114. The molecule has 38 heavy (non-hydrogen) atoms. The van der Waals surface area contributed by atoms with Gasteiger partial charge in [0.05, 0.1) is 24.0 Å². The van der Waals surface area contributed by atoms with Crippen LogP contribution < -0.4 is 10.6 Å². The summed E-state index contributed by atoms with van der Waals surface area (Å²) >= 11 is 4.97. The Morgan fingerprint density at radius 3 is 1.87 bits per heavy atom. The molecule has 4 heterocycles. The Hall–Kier alpha value is -3.15. The lowest BCUT2D eigenvalue weighted by atomic mass is 10.2. The Labute approximate surface area is 234 Å². The van der Waals surface area contributed by atoms with Crippen molar-refractivity contribution in [3.05, 3.63) is 34.2 Å². The van der Waals surface area contributed by atoms with Crippen LogP contribution >= 0.6 is 46.2 Å². The van der Waals surface area contributed by atoms with Gasteiger partial charge in [0.1, 0.15) is 15.8 Å². The number of furan rings is 1. The van der Waals surface area contributed by atoms with Crippen LogP contribution in [0.3, 0.4) is 0 Å². The topological polar surface area (TPSA) is 166 Å². The van der Waals surface area contributed by atoms with Crippen molar-refractivity contribution in [1.29, 1.82) is 0 Å².